The van der Waals surface area contributed by atoms with E-state index >= 15 is 0 Å². The zero-order valence-corrected chi connectivity index (χ0v) is 17.7. The number of hydrogen-bond donors (Lipinski definition) is 1. The summed E-state index contributed by atoms with van der Waals surface area (Å²) in [5, 5.41) is 4.33. The molecule has 7 heteroatoms. The van der Waals surface area contributed by atoms with Crippen LogP contribution in [0.1, 0.15) is 23.2 Å². The number of thiazole rings is 1. The third-order valence-corrected chi connectivity index (χ3v) is 6.91. The fourth-order valence-corrected chi connectivity index (χ4v) is 5.27. The van der Waals surface area contributed by atoms with Gasteiger partial charge in [-0.05, 0) is 37.1 Å². The van der Waals surface area contributed by atoms with Crippen LogP contribution in [0.3, 0.4) is 0 Å². The van der Waals surface area contributed by atoms with Crippen LogP contribution in [0.4, 0.5) is 10.8 Å². The van der Waals surface area contributed by atoms with E-state index in [1.54, 1.807) is 11.3 Å². The van der Waals surface area contributed by atoms with E-state index in [4.69, 9.17) is 9.72 Å². The van der Waals surface area contributed by atoms with Gasteiger partial charge < -0.3 is 19.9 Å². The lowest BCUT2D eigenvalue weighted by atomic mass is 10.0. The molecule has 2 saturated heterocycles. The van der Waals surface area contributed by atoms with Gasteiger partial charge in [0.1, 0.15) is 0 Å². The summed E-state index contributed by atoms with van der Waals surface area (Å²) < 4.78 is 6.67. The maximum Gasteiger partial charge on any atom is 0.253 e. The van der Waals surface area contributed by atoms with Crippen LogP contribution in [-0.4, -0.2) is 56.3 Å². The third-order valence-electron chi connectivity index (χ3n) is 5.81. The van der Waals surface area contributed by atoms with Gasteiger partial charge in [0.2, 0.25) is 0 Å². The second kappa shape index (κ2) is 8.62. The van der Waals surface area contributed by atoms with E-state index in [1.807, 2.05) is 30.3 Å². The Labute approximate surface area is 180 Å². The Balaban J connectivity index is 1.29. The number of nitrogens with zero attached hydrogens (tertiary/aromatic N) is 3. The van der Waals surface area contributed by atoms with Gasteiger partial charge in [-0.2, -0.15) is 0 Å². The zero-order valence-electron chi connectivity index (χ0n) is 16.9. The van der Waals surface area contributed by atoms with Crippen molar-refractivity contribution in [2.45, 2.75) is 18.9 Å². The van der Waals surface area contributed by atoms with Crippen molar-refractivity contribution in [3.63, 3.8) is 0 Å². The predicted octanol–water partition coefficient (Wildman–Crippen LogP) is 3.53. The van der Waals surface area contributed by atoms with E-state index in [0.29, 0.717) is 13.2 Å². The van der Waals surface area contributed by atoms with Crippen LogP contribution in [0.5, 0.6) is 0 Å². The number of para-hydroxylation sites is 2. The number of anilines is 2. The second-order valence-corrected chi connectivity index (χ2v) is 8.85. The Morgan fingerprint density at radius 1 is 1.03 bits per heavy atom. The van der Waals surface area contributed by atoms with Crippen molar-refractivity contribution < 1.29 is 9.53 Å². The number of aromatic nitrogens is 1. The molecule has 0 aliphatic carbocycles. The van der Waals surface area contributed by atoms with Gasteiger partial charge >= 0.3 is 0 Å². The standard InChI is InChI=1S/C23H26N4O2S/c28-22(18-7-1-3-9-20(18)26-12-14-29-15-13-26)24-17-6-5-11-27(16-17)23-25-19-8-2-4-10-21(19)30-23/h1-4,7-10,17H,5-6,11-16H2,(H,24,28)/t17-/m1/s1. The van der Waals surface area contributed by atoms with Gasteiger partial charge in [-0.3, -0.25) is 4.79 Å². The van der Waals surface area contributed by atoms with Crippen molar-refractivity contribution in [3.8, 4) is 0 Å². The van der Waals surface area contributed by atoms with Gasteiger partial charge in [0, 0.05) is 37.9 Å². The molecule has 2 aliphatic heterocycles. The average Bonchev–Trinajstić information content (AvgIpc) is 3.24. The lowest BCUT2D eigenvalue weighted by Crippen LogP contribution is -2.48. The molecule has 6 nitrogen and oxygen atoms in total. The minimum absolute atomic E-state index is 0.00763. The number of nitrogens with one attached hydrogen (secondary N) is 1. The lowest BCUT2D eigenvalue weighted by Gasteiger charge is -2.34. The molecule has 0 saturated carbocycles. The molecule has 0 unspecified atom stereocenters. The van der Waals surface area contributed by atoms with Crippen molar-refractivity contribution in [2.75, 3.05) is 49.2 Å². The molecular formula is C23H26N4O2S. The van der Waals surface area contributed by atoms with Gasteiger partial charge in [-0.15, -0.1) is 0 Å². The number of hydrogen-bond acceptors (Lipinski definition) is 6. The van der Waals surface area contributed by atoms with Gasteiger partial charge in [-0.25, -0.2) is 4.98 Å². The summed E-state index contributed by atoms with van der Waals surface area (Å²) in [5.74, 6) is 0.00763. The number of morpholine rings is 1. The van der Waals surface area contributed by atoms with Crippen LogP contribution >= 0.6 is 11.3 Å². The number of piperidine rings is 1. The van der Waals surface area contributed by atoms with Crippen molar-refractivity contribution >= 4 is 38.3 Å². The molecule has 0 spiro atoms. The number of rotatable bonds is 4. The molecule has 3 heterocycles. The highest BCUT2D eigenvalue weighted by Gasteiger charge is 2.25. The molecule has 5 rings (SSSR count). The molecule has 2 aliphatic rings. The third kappa shape index (κ3) is 4.00. The molecule has 3 aromatic rings. The van der Waals surface area contributed by atoms with Crippen LogP contribution in [0.25, 0.3) is 10.2 Å². The molecule has 1 N–H and O–H groups in total. The number of fused-ring (bicyclic) bond motifs is 1. The zero-order chi connectivity index (χ0) is 20.3. The molecule has 156 valence electrons. The van der Waals surface area contributed by atoms with Crippen molar-refractivity contribution in [3.05, 3.63) is 54.1 Å². The van der Waals surface area contributed by atoms with E-state index in [1.165, 1.54) is 4.70 Å². The van der Waals surface area contributed by atoms with Crippen LogP contribution in [0.2, 0.25) is 0 Å². The first-order chi connectivity index (χ1) is 14.8. The smallest absolute Gasteiger partial charge is 0.253 e. The highest BCUT2D eigenvalue weighted by atomic mass is 32.1. The Hall–Kier alpha value is -2.64. The van der Waals surface area contributed by atoms with Crippen molar-refractivity contribution in [1.29, 1.82) is 0 Å². The van der Waals surface area contributed by atoms with E-state index in [2.05, 4.69) is 33.3 Å². The first-order valence-electron chi connectivity index (χ1n) is 10.6. The minimum atomic E-state index is 0.00763. The van der Waals surface area contributed by atoms with Gasteiger partial charge in [-0.1, -0.05) is 35.6 Å². The number of carbonyl (C=O) groups excluding carboxylic acids is 1. The molecule has 2 fully saturated rings. The monoisotopic (exact) mass is 422 g/mol. The average molecular weight is 423 g/mol. The summed E-state index contributed by atoms with van der Waals surface area (Å²) in [6, 6.07) is 16.3. The molecule has 1 atom stereocenters. The minimum Gasteiger partial charge on any atom is -0.378 e. The van der Waals surface area contributed by atoms with Crippen LogP contribution < -0.4 is 15.1 Å². The predicted molar refractivity (Wildman–Crippen MR) is 122 cm³/mol. The maximum absolute atomic E-state index is 13.2. The number of ether oxygens (including phenoxy) is 1. The summed E-state index contributed by atoms with van der Waals surface area (Å²) in [4.78, 5) is 22.5. The number of amides is 1. The second-order valence-electron chi connectivity index (χ2n) is 7.84. The molecule has 2 aromatic carbocycles. The highest BCUT2D eigenvalue weighted by molar-refractivity contribution is 7.22. The Morgan fingerprint density at radius 2 is 1.83 bits per heavy atom. The fourth-order valence-electron chi connectivity index (χ4n) is 4.27. The lowest BCUT2D eigenvalue weighted by molar-refractivity contribution is 0.0932. The Kier molecular flexibility index (Phi) is 5.55. The number of benzene rings is 2. The van der Waals surface area contributed by atoms with Crippen LogP contribution in [0, 0.1) is 0 Å². The van der Waals surface area contributed by atoms with E-state index < -0.39 is 0 Å². The van der Waals surface area contributed by atoms with Crippen LogP contribution in [-0.2, 0) is 4.74 Å². The molecule has 30 heavy (non-hydrogen) atoms. The van der Waals surface area contributed by atoms with Gasteiger partial charge in [0.05, 0.1) is 29.0 Å². The van der Waals surface area contributed by atoms with E-state index in [0.717, 1.165) is 60.9 Å². The Morgan fingerprint density at radius 3 is 2.70 bits per heavy atom. The largest absolute Gasteiger partial charge is 0.378 e. The highest BCUT2D eigenvalue weighted by Crippen LogP contribution is 2.30. The summed E-state index contributed by atoms with van der Waals surface area (Å²) in [5.41, 5.74) is 2.79. The molecule has 1 aromatic heterocycles. The molecule has 0 bridgehead atoms. The Bertz CT molecular complexity index is 998. The summed E-state index contributed by atoms with van der Waals surface area (Å²) in [7, 11) is 0. The fraction of sp³-hybridized carbons (Fsp3) is 0.391. The quantitative estimate of drug-likeness (QED) is 0.697. The summed E-state index contributed by atoms with van der Waals surface area (Å²) in [6.07, 6.45) is 2.04. The first-order valence-corrected chi connectivity index (χ1v) is 11.4. The summed E-state index contributed by atoms with van der Waals surface area (Å²) >= 11 is 1.73. The van der Waals surface area contributed by atoms with Crippen LogP contribution in [0.15, 0.2) is 48.5 Å². The number of carbonyl (C=O) groups is 1. The first kappa shape index (κ1) is 19.3. The van der Waals surface area contributed by atoms with Gasteiger partial charge in [0.25, 0.3) is 5.91 Å². The van der Waals surface area contributed by atoms with Gasteiger partial charge in [0.15, 0.2) is 5.13 Å². The van der Waals surface area contributed by atoms with E-state index in [-0.39, 0.29) is 11.9 Å². The van der Waals surface area contributed by atoms with E-state index in [9.17, 15) is 4.79 Å². The van der Waals surface area contributed by atoms with Crippen molar-refractivity contribution in [2.24, 2.45) is 0 Å². The molecule has 1 amide bonds. The maximum atomic E-state index is 13.2. The SMILES string of the molecule is O=C(N[C@@H]1CCCN(c2nc3ccccc3s2)C1)c1ccccc1N1CCOCC1. The topological polar surface area (TPSA) is 57.7 Å². The summed E-state index contributed by atoms with van der Waals surface area (Å²) in [6.45, 7) is 4.82. The van der Waals surface area contributed by atoms with Crippen molar-refractivity contribution in [1.82, 2.24) is 10.3 Å². The molecule has 0 radical (unpaired) electrons. The molecular weight excluding hydrogens is 396 g/mol. The normalized spacial score (nSPS) is 19.8.